The Bertz CT molecular complexity index is 943. The molecule has 0 spiro atoms. The van der Waals surface area contributed by atoms with Crippen LogP contribution in [0, 0.1) is 16.2 Å². The van der Waals surface area contributed by atoms with Gasteiger partial charge >= 0.3 is 0 Å². The highest BCUT2D eigenvalue weighted by atomic mass is 79.9. The van der Waals surface area contributed by atoms with Crippen LogP contribution < -0.4 is 10.9 Å². The number of amides is 2. The molecule has 0 saturated heterocycles. The third kappa shape index (κ3) is 3.17. The van der Waals surface area contributed by atoms with E-state index < -0.39 is 11.3 Å². The van der Waals surface area contributed by atoms with Gasteiger partial charge in [-0.2, -0.15) is 0 Å². The minimum atomic E-state index is -0.574. The summed E-state index contributed by atoms with van der Waals surface area (Å²) in [6, 6.07) is 19.2. The summed E-state index contributed by atoms with van der Waals surface area (Å²) in [5.41, 5.74) is 6.37. The second-order valence-electron chi connectivity index (χ2n) is 9.00. The molecule has 3 aliphatic carbocycles. The van der Waals surface area contributed by atoms with Crippen molar-refractivity contribution in [3.05, 3.63) is 71.8 Å². The molecule has 0 aromatic heterocycles. The van der Waals surface area contributed by atoms with E-state index in [-0.39, 0.29) is 31.2 Å². The first kappa shape index (κ1) is 23.0. The summed E-state index contributed by atoms with van der Waals surface area (Å²) in [4.78, 5) is 26.7. The summed E-state index contributed by atoms with van der Waals surface area (Å²) in [5.74, 6) is -0.901. The van der Waals surface area contributed by atoms with Crippen LogP contribution in [-0.4, -0.2) is 20.4 Å². The molecule has 3 fully saturated rings. The largest absolute Gasteiger partial charge is 0.273 e. The summed E-state index contributed by atoms with van der Waals surface area (Å²) >= 11 is 11.2. The number of carbonyl (C=O) groups is 2. The zero-order chi connectivity index (χ0) is 22.4. The first-order chi connectivity index (χ1) is 14.7. The van der Waals surface area contributed by atoms with Gasteiger partial charge in [0.1, 0.15) is 0 Å². The maximum atomic E-state index is 13.4. The van der Waals surface area contributed by atoms with Gasteiger partial charge in [-0.1, -0.05) is 122 Å². The smallest absolute Gasteiger partial charge is 0.250 e. The second-order valence-corrected chi connectivity index (χ2v) is 13.0. The predicted octanol–water partition coefficient (Wildman–Crippen LogP) is 5.65. The van der Waals surface area contributed by atoms with Crippen LogP contribution in [0.2, 0.25) is 0 Å². The predicted molar refractivity (Wildman–Crippen MR) is 133 cm³/mol. The molecular formula is C24H25Br3N2O2. The van der Waals surface area contributed by atoms with Crippen LogP contribution in [0.15, 0.2) is 60.7 Å². The van der Waals surface area contributed by atoms with E-state index in [2.05, 4.69) is 72.5 Å². The van der Waals surface area contributed by atoms with Gasteiger partial charge in [0.25, 0.3) is 0 Å². The average molecular weight is 613 g/mol. The molecule has 4 nitrogen and oxygen atoms in total. The average Bonchev–Trinajstić information content (AvgIpc) is 3.23. The van der Waals surface area contributed by atoms with Crippen LogP contribution in [-0.2, 0) is 9.59 Å². The number of alkyl halides is 3. The summed E-state index contributed by atoms with van der Waals surface area (Å²) in [7, 11) is 0. The van der Waals surface area contributed by atoms with Crippen LogP contribution in [0.1, 0.15) is 43.7 Å². The number of benzene rings is 2. The van der Waals surface area contributed by atoms with E-state index in [1.165, 1.54) is 0 Å². The minimum Gasteiger partial charge on any atom is -0.273 e. The van der Waals surface area contributed by atoms with Gasteiger partial charge in [-0.05, 0) is 29.4 Å². The molecule has 2 N–H and O–H groups in total. The van der Waals surface area contributed by atoms with Gasteiger partial charge in [0.2, 0.25) is 11.8 Å². The fourth-order valence-corrected chi connectivity index (χ4v) is 10.7. The van der Waals surface area contributed by atoms with Gasteiger partial charge in [-0.3, -0.25) is 20.4 Å². The van der Waals surface area contributed by atoms with Crippen molar-refractivity contribution in [3.8, 4) is 0 Å². The Morgan fingerprint density at radius 1 is 0.903 bits per heavy atom. The molecule has 3 aliphatic rings. The quantitative estimate of drug-likeness (QED) is 0.339. The van der Waals surface area contributed by atoms with E-state index in [1.54, 1.807) is 0 Å². The second kappa shape index (κ2) is 8.31. The van der Waals surface area contributed by atoms with Crippen molar-refractivity contribution in [2.24, 2.45) is 16.2 Å². The van der Waals surface area contributed by atoms with E-state index >= 15 is 0 Å². The molecule has 7 heteroatoms. The molecule has 3 atom stereocenters. The molecule has 5 rings (SSSR count). The van der Waals surface area contributed by atoms with E-state index in [9.17, 15) is 9.59 Å². The van der Waals surface area contributed by atoms with Crippen molar-refractivity contribution in [1.82, 2.24) is 10.9 Å². The molecule has 0 aliphatic heterocycles. The van der Waals surface area contributed by atoms with E-state index in [1.807, 2.05) is 60.7 Å². The monoisotopic (exact) mass is 610 g/mol. The van der Waals surface area contributed by atoms with E-state index in [0.29, 0.717) is 0 Å². The van der Waals surface area contributed by atoms with Crippen LogP contribution in [0.5, 0.6) is 0 Å². The maximum absolute atomic E-state index is 13.4. The number of hydrogen-bond donors (Lipinski definition) is 2. The van der Waals surface area contributed by atoms with Gasteiger partial charge < -0.3 is 0 Å². The fraction of sp³-hybridized carbons (Fsp3) is 0.417. The molecule has 2 aromatic carbocycles. The Morgan fingerprint density at radius 2 is 1.42 bits per heavy atom. The number of hydrazine groups is 1. The molecule has 2 aromatic rings. The molecule has 31 heavy (non-hydrogen) atoms. The van der Waals surface area contributed by atoms with Crippen LogP contribution in [0.4, 0.5) is 0 Å². The van der Waals surface area contributed by atoms with Gasteiger partial charge in [0.15, 0.2) is 0 Å². The standard InChI is InChI=1S/C24H25Br3N2O2/c1-22(2)23(20(26)27)13-14-24(22,19(23)25)21(31)29-28-18(30)17(15-9-5-3-6-10-15)16-11-7-4-8-12-16/h3-12,17,19-20H,13-14H2,1-2H3,(H,28,30)(H,29,31). The summed E-state index contributed by atoms with van der Waals surface area (Å²) in [6.45, 7) is 4.29. The lowest BCUT2D eigenvalue weighted by Gasteiger charge is -2.66. The third-order valence-electron chi connectivity index (χ3n) is 7.72. The highest BCUT2D eigenvalue weighted by Crippen LogP contribution is 2.82. The molecule has 2 bridgehead atoms. The Kier molecular flexibility index (Phi) is 6.16. The van der Waals surface area contributed by atoms with Crippen LogP contribution >= 0.6 is 47.8 Å². The van der Waals surface area contributed by atoms with Crippen molar-refractivity contribution >= 4 is 59.6 Å². The van der Waals surface area contributed by atoms with Crippen LogP contribution in [0.25, 0.3) is 0 Å². The Balaban J connectivity index is 1.54. The lowest BCUT2D eigenvalue weighted by molar-refractivity contribution is -0.163. The lowest BCUT2D eigenvalue weighted by Crippen LogP contribution is -2.73. The molecule has 0 radical (unpaired) electrons. The molecule has 164 valence electrons. The Labute approximate surface area is 208 Å². The van der Waals surface area contributed by atoms with Crippen molar-refractivity contribution in [2.75, 3.05) is 0 Å². The Hall–Kier alpha value is -1.18. The van der Waals surface area contributed by atoms with Gasteiger partial charge in [-0.25, -0.2) is 0 Å². The number of fused-ring (bicyclic) bond motifs is 1. The van der Waals surface area contributed by atoms with Gasteiger partial charge in [0.05, 0.1) is 15.1 Å². The molecule has 3 saturated carbocycles. The zero-order valence-corrected chi connectivity index (χ0v) is 22.1. The summed E-state index contributed by atoms with van der Waals surface area (Å²) in [5, 5.41) is 0. The normalized spacial score (nSPS) is 28.3. The summed E-state index contributed by atoms with van der Waals surface area (Å²) in [6.07, 6.45) is 1.70. The first-order valence-corrected chi connectivity index (χ1v) is 13.1. The first-order valence-electron chi connectivity index (χ1n) is 10.3. The highest BCUT2D eigenvalue weighted by molar-refractivity contribution is 9.24. The number of carbonyl (C=O) groups excluding carboxylic acids is 2. The highest BCUT2D eigenvalue weighted by Gasteiger charge is 2.83. The summed E-state index contributed by atoms with van der Waals surface area (Å²) < 4.78 is 0.102. The van der Waals surface area contributed by atoms with Gasteiger partial charge in [0, 0.05) is 10.2 Å². The third-order valence-corrected chi connectivity index (χ3v) is 11.0. The fourth-order valence-electron chi connectivity index (χ4n) is 5.79. The minimum absolute atomic E-state index is 0.0159. The molecule has 3 unspecified atom stereocenters. The van der Waals surface area contributed by atoms with Crippen molar-refractivity contribution in [3.63, 3.8) is 0 Å². The number of hydrogen-bond acceptors (Lipinski definition) is 2. The van der Waals surface area contributed by atoms with E-state index in [4.69, 9.17) is 0 Å². The van der Waals surface area contributed by atoms with Crippen molar-refractivity contribution < 1.29 is 9.59 Å². The Morgan fingerprint density at radius 3 is 1.84 bits per heavy atom. The number of rotatable bonds is 5. The van der Waals surface area contributed by atoms with E-state index in [0.717, 1.165) is 24.0 Å². The number of halogens is 3. The topological polar surface area (TPSA) is 58.2 Å². The SMILES string of the molecule is CC1(C)C2(C(=O)NNC(=O)C(c3ccccc3)c3ccccc3)CCC1(C(Br)Br)C2Br. The van der Waals surface area contributed by atoms with Crippen molar-refractivity contribution in [1.29, 1.82) is 0 Å². The zero-order valence-electron chi connectivity index (χ0n) is 17.4. The van der Waals surface area contributed by atoms with Gasteiger partial charge in [-0.15, -0.1) is 0 Å². The molecule has 0 heterocycles. The van der Waals surface area contributed by atoms with Crippen molar-refractivity contribution in [2.45, 2.75) is 41.2 Å². The molecular weight excluding hydrogens is 588 g/mol. The molecule has 2 amide bonds. The number of nitrogens with one attached hydrogen (secondary N) is 2. The lowest BCUT2D eigenvalue weighted by atomic mass is 9.43. The maximum Gasteiger partial charge on any atom is 0.250 e. The van der Waals surface area contributed by atoms with Crippen LogP contribution in [0.3, 0.4) is 0 Å².